The van der Waals surface area contributed by atoms with Crippen molar-refractivity contribution in [3.63, 3.8) is 0 Å². The van der Waals surface area contributed by atoms with Crippen LogP contribution in [0, 0.1) is 0 Å². The van der Waals surface area contributed by atoms with Crippen molar-refractivity contribution < 1.29 is 4.79 Å². The predicted molar refractivity (Wildman–Crippen MR) is 80.1 cm³/mol. The lowest BCUT2D eigenvalue weighted by atomic mass is 10.2. The fraction of sp³-hybridized carbons (Fsp3) is 0.462. The number of benzene rings is 1. The molecule has 0 spiro atoms. The third kappa shape index (κ3) is 4.50. The second-order valence-corrected chi connectivity index (χ2v) is 5.57. The van der Waals surface area contributed by atoms with Gasteiger partial charge in [0.05, 0.1) is 5.02 Å². The van der Waals surface area contributed by atoms with Gasteiger partial charge in [-0.3, -0.25) is 4.79 Å². The highest BCUT2D eigenvalue weighted by atomic mass is 79.9. The van der Waals surface area contributed by atoms with Crippen molar-refractivity contribution >= 4 is 39.1 Å². The highest BCUT2D eigenvalue weighted by Gasteiger charge is 2.14. The summed E-state index contributed by atoms with van der Waals surface area (Å²) in [7, 11) is 0. The van der Waals surface area contributed by atoms with Crippen LogP contribution in [-0.4, -0.2) is 18.0 Å². The maximum Gasteiger partial charge on any atom is 0.242 e. The molecule has 0 heterocycles. The first-order valence-electron chi connectivity index (χ1n) is 5.96. The van der Waals surface area contributed by atoms with Gasteiger partial charge in [0.15, 0.2) is 0 Å². The molecule has 0 radical (unpaired) electrons. The lowest BCUT2D eigenvalue weighted by Crippen LogP contribution is -2.41. The van der Waals surface area contributed by atoms with Crippen molar-refractivity contribution in [2.45, 2.75) is 39.3 Å². The Morgan fingerprint density at radius 1 is 1.44 bits per heavy atom. The lowest BCUT2D eigenvalue weighted by molar-refractivity contribution is -0.122. The van der Waals surface area contributed by atoms with E-state index < -0.39 is 0 Å². The molecule has 3 nitrogen and oxygen atoms in total. The van der Waals surface area contributed by atoms with Gasteiger partial charge >= 0.3 is 0 Å². The molecule has 2 N–H and O–H groups in total. The average Bonchev–Trinajstić information content (AvgIpc) is 2.33. The predicted octanol–water partition coefficient (Wildman–Crippen LogP) is 3.82. The van der Waals surface area contributed by atoms with Crippen LogP contribution < -0.4 is 10.6 Å². The Bertz CT molecular complexity index is 425. The first-order chi connectivity index (χ1) is 8.43. The number of nitrogens with one attached hydrogen (secondary N) is 2. The van der Waals surface area contributed by atoms with Crippen molar-refractivity contribution in [1.29, 1.82) is 0 Å². The zero-order valence-electron chi connectivity index (χ0n) is 10.8. The summed E-state index contributed by atoms with van der Waals surface area (Å²) in [6.07, 6.45) is 0.919. The molecule has 0 aromatic heterocycles. The summed E-state index contributed by atoms with van der Waals surface area (Å²) in [4.78, 5) is 11.9. The number of carbonyl (C=O) groups is 1. The zero-order valence-corrected chi connectivity index (χ0v) is 13.1. The summed E-state index contributed by atoms with van der Waals surface area (Å²) < 4.78 is 0.839. The van der Waals surface area contributed by atoms with Gasteiger partial charge in [0.2, 0.25) is 5.91 Å². The van der Waals surface area contributed by atoms with Gasteiger partial charge in [0.1, 0.15) is 6.04 Å². The molecular weight excluding hydrogens is 316 g/mol. The molecule has 0 aliphatic carbocycles. The molecule has 2 atom stereocenters. The van der Waals surface area contributed by atoms with Gasteiger partial charge < -0.3 is 10.6 Å². The molecule has 5 heteroatoms. The number of rotatable bonds is 5. The summed E-state index contributed by atoms with van der Waals surface area (Å²) in [6.45, 7) is 5.85. The molecule has 0 aliphatic heterocycles. The van der Waals surface area contributed by atoms with Crippen LogP contribution in [0.2, 0.25) is 5.02 Å². The largest absolute Gasteiger partial charge is 0.374 e. The van der Waals surface area contributed by atoms with Crippen molar-refractivity contribution in [1.82, 2.24) is 5.32 Å². The number of hydrogen-bond donors (Lipinski definition) is 2. The summed E-state index contributed by atoms with van der Waals surface area (Å²) in [5.41, 5.74) is 0.829. The Morgan fingerprint density at radius 2 is 2.11 bits per heavy atom. The van der Waals surface area contributed by atoms with E-state index in [-0.39, 0.29) is 18.0 Å². The van der Waals surface area contributed by atoms with E-state index in [1.807, 2.05) is 32.9 Å². The second-order valence-electron chi connectivity index (χ2n) is 4.31. The zero-order chi connectivity index (χ0) is 13.7. The smallest absolute Gasteiger partial charge is 0.242 e. The molecule has 2 unspecified atom stereocenters. The van der Waals surface area contributed by atoms with E-state index >= 15 is 0 Å². The molecule has 18 heavy (non-hydrogen) atoms. The van der Waals surface area contributed by atoms with E-state index in [0.29, 0.717) is 5.02 Å². The van der Waals surface area contributed by atoms with Gasteiger partial charge in [-0.05, 0) is 54.4 Å². The molecule has 1 amide bonds. The molecule has 0 saturated carbocycles. The minimum Gasteiger partial charge on any atom is -0.374 e. The Kier molecular flexibility index (Phi) is 5.96. The number of halogens is 2. The van der Waals surface area contributed by atoms with Crippen LogP contribution in [-0.2, 0) is 4.79 Å². The monoisotopic (exact) mass is 332 g/mol. The summed E-state index contributed by atoms with van der Waals surface area (Å²) in [5, 5.41) is 6.67. The molecule has 1 aromatic carbocycles. The number of carbonyl (C=O) groups excluding carboxylic acids is 1. The number of anilines is 1. The third-order valence-electron chi connectivity index (χ3n) is 2.70. The van der Waals surface area contributed by atoms with Gasteiger partial charge in [-0.25, -0.2) is 0 Å². The first-order valence-corrected chi connectivity index (χ1v) is 7.13. The highest BCUT2D eigenvalue weighted by Crippen LogP contribution is 2.25. The van der Waals surface area contributed by atoms with Crippen LogP contribution in [0.25, 0.3) is 0 Å². The Balaban J connectivity index is 2.60. The normalized spacial score (nSPS) is 13.8. The highest BCUT2D eigenvalue weighted by molar-refractivity contribution is 9.10. The van der Waals surface area contributed by atoms with Crippen LogP contribution >= 0.6 is 27.5 Å². The standard InChI is InChI=1S/C13H18BrClN2O/c1-4-8(2)16-13(18)9(3)17-10-5-6-11(14)12(15)7-10/h5-9,17H,4H2,1-3H3,(H,16,18). The van der Waals surface area contributed by atoms with Crippen molar-refractivity contribution in [2.24, 2.45) is 0 Å². The van der Waals surface area contributed by atoms with Crippen LogP contribution in [0.5, 0.6) is 0 Å². The van der Waals surface area contributed by atoms with E-state index in [0.717, 1.165) is 16.6 Å². The van der Waals surface area contributed by atoms with Crippen LogP contribution in [0.15, 0.2) is 22.7 Å². The minimum atomic E-state index is -0.295. The molecule has 100 valence electrons. The van der Waals surface area contributed by atoms with Gasteiger partial charge in [-0.15, -0.1) is 0 Å². The van der Waals surface area contributed by atoms with Gasteiger partial charge in [0.25, 0.3) is 0 Å². The van der Waals surface area contributed by atoms with E-state index in [4.69, 9.17) is 11.6 Å². The molecular formula is C13H18BrClN2O. The minimum absolute atomic E-state index is 0.0107. The Morgan fingerprint density at radius 3 is 2.67 bits per heavy atom. The maximum absolute atomic E-state index is 11.9. The summed E-state index contributed by atoms with van der Waals surface area (Å²) in [6, 6.07) is 5.41. The van der Waals surface area contributed by atoms with Crippen molar-refractivity contribution in [2.75, 3.05) is 5.32 Å². The van der Waals surface area contributed by atoms with Crippen molar-refractivity contribution in [3.8, 4) is 0 Å². The fourth-order valence-corrected chi connectivity index (χ4v) is 1.80. The Hall–Kier alpha value is -0.740. The number of amides is 1. The molecule has 0 fully saturated rings. The summed E-state index contributed by atoms with van der Waals surface area (Å²) >= 11 is 9.32. The summed E-state index contributed by atoms with van der Waals surface area (Å²) in [5.74, 6) is -0.0107. The fourth-order valence-electron chi connectivity index (χ4n) is 1.37. The lowest BCUT2D eigenvalue weighted by Gasteiger charge is -2.18. The van der Waals surface area contributed by atoms with E-state index in [1.54, 1.807) is 6.07 Å². The van der Waals surface area contributed by atoms with Crippen LogP contribution in [0.1, 0.15) is 27.2 Å². The Labute approximate surface area is 121 Å². The molecule has 1 rings (SSSR count). The molecule has 0 bridgehead atoms. The van der Waals surface area contributed by atoms with Gasteiger partial charge in [-0.2, -0.15) is 0 Å². The van der Waals surface area contributed by atoms with E-state index in [9.17, 15) is 4.79 Å². The topological polar surface area (TPSA) is 41.1 Å². The second kappa shape index (κ2) is 7.00. The third-order valence-corrected chi connectivity index (χ3v) is 3.93. The van der Waals surface area contributed by atoms with Gasteiger partial charge in [-0.1, -0.05) is 18.5 Å². The maximum atomic E-state index is 11.9. The molecule has 0 saturated heterocycles. The van der Waals surface area contributed by atoms with Crippen molar-refractivity contribution in [3.05, 3.63) is 27.7 Å². The van der Waals surface area contributed by atoms with Crippen LogP contribution in [0.3, 0.4) is 0 Å². The van der Waals surface area contributed by atoms with Gasteiger partial charge in [0, 0.05) is 16.2 Å². The molecule has 0 aliphatic rings. The van der Waals surface area contributed by atoms with E-state index in [2.05, 4.69) is 26.6 Å². The number of hydrogen-bond acceptors (Lipinski definition) is 2. The van der Waals surface area contributed by atoms with E-state index in [1.165, 1.54) is 0 Å². The average molecular weight is 334 g/mol. The first kappa shape index (κ1) is 15.3. The molecule has 1 aromatic rings. The quantitative estimate of drug-likeness (QED) is 0.860. The SMILES string of the molecule is CCC(C)NC(=O)C(C)Nc1ccc(Br)c(Cl)c1. The van der Waals surface area contributed by atoms with Crippen LogP contribution in [0.4, 0.5) is 5.69 Å².